The first-order valence-electron chi connectivity index (χ1n) is 4.94. The fourth-order valence-corrected chi connectivity index (χ4v) is 2.19. The van der Waals surface area contributed by atoms with E-state index in [9.17, 15) is 4.79 Å². The first-order chi connectivity index (χ1) is 8.59. The van der Waals surface area contributed by atoms with Crippen LogP contribution in [0.3, 0.4) is 0 Å². The fourth-order valence-electron chi connectivity index (χ4n) is 1.35. The Morgan fingerprint density at radius 3 is 3.00 bits per heavy atom. The van der Waals surface area contributed by atoms with Gasteiger partial charge in [-0.05, 0) is 12.1 Å². The first kappa shape index (κ1) is 12.8. The summed E-state index contributed by atoms with van der Waals surface area (Å²) < 4.78 is 1.69. The molecule has 1 N–H and O–H groups in total. The molecule has 0 saturated carbocycles. The fraction of sp³-hybridized carbons (Fsp3) is 0.200. The number of hydrogen-bond donors (Lipinski definition) is 1. The lowest BCUT2D eigenvalue weighted by atomic mass is 10.3. The number of hydrogen-bond acceptors (Lipinski definition) is 5. The highest BCUT2D eigenvalue weighted by atomic mass is 35.5. The number of nitrogens with zero attached hydrogens (tertiary/aromatic N) is 4. The molecule has 6 nitrogen and oxygen atoms in total. The van der Waals surface area contributed by atoms with Crippen LogP contribution in [0.2, 0.25) is 5.15 Å². The van der Waals surface area contributed by atoms with Crippen molar-refractivity contribution >= 4 is 29.3 Å². The van der Waals surface area contributed by atoms with Gasteiger partial charge in [0.1, 0.15) is 5.15 Å². The van der Waals surface area contributed by atoms with Crippen LogP contribution in [-0.2, 0) is 11.8 Å². The van der Waals surface area contributed by atoms with Crippen molar-refractivity contribution in [3.8, 4) is 11.4 Å². The molecule has 0 atom stereocenters. The van der Waals surface area contributed by atoms with Crippen molar-refractivity contribution in [3.05, 3.63) is 23.5 Å². The lowest BCUT2D eigenvalue weighted by Crippen LogP contribution is -2.01. The summed E-state index contributed by atoms with van der Waals surface area (Å²) in [6, 6.07) is 3.53. The first-order valence-corrected chi connectivity index (χ1v) is 6.31. The van der Waals surface area contributed by atoms with Crippen LogP contribution < -0.4 is 0 Å². The lowest BCUT2D eigenvalue weighted by Gasteiger charge is -2.03. The number of aliphatic carboxylic acids is 1. The van der Waals surface area contributed by atoms with E-state index in [-0.39, 0.29) is 5.75 Å². The second kappa shape index (κ2) is 5.36. The normalized spacial score (nSPS) is 10.6. The van der Waals surface area contributed by atoms with Crippen molar-refractivity contribution in [1.29, 1.82) is 0 Å². The van der Waals surface area contributed by atoms with Crippen LogP contribution in [0.5, 0.6) is 0 Å². The van der Waals surface area contributed by atoms with E-state index in [4.69, 9.17) is 16.7 Å². The maximum absolute atomic E-state index is 10.5. The summed E-state index contributed by atoms with van der Waals surface area (Å²) >= 11 is 7.08. The molecule has 0 spiro atoms. The van der Waals surface area contributed by atoms with Gasteiger partial charge in [-0.1, -0.05) is 23.4 Å². The maximum atomic E-state index is 10.5. The number of carboxylic acids is 1. The molecule has 8 heteroatoms. The Balaban J connectivity index is 2.31. The molecule has 0 radical (unpaired) electrons. The number of rotatable bonds is 4. The van der Waals surface area contributed by atoms with Crippen molar-refractivity contribution in [2.75, 3.05) is 5.75 Å². The van der Waals surface area contributed by atoms with Crippen LogP contribution in [0.4, 0.5) is 0 Å². The molecule has 18 heavy (non-hydrogen) atoms. The van der Waals surface area contributed by atoms with Gasteiger partial charge >= 0.3 is 5.97 Å². The van der Waals surface area contributed by atoms with Crippen molar-refractivity contribution in [2.24, 2.45) is 7.05 Å². The number of halogens is 1. The molecule has 0 aliphatic heterocycles. The number of thioether (sulfide) groups is 1. The average Bonchev–Trinajstić information content (AvgIpc) is 2.69. The Labute approximate surface area is 112 Å². The monoisotopic (exact) mass is 284 g/mol. The highest BCUT2D eigenvalue weighted by Gasteiger charge is 2.14. The molecule has 0 aliphatic carbocycles. The molecule has 2 aromatic rings. The number of carboxylic acid groups (broad SMARTS) is 1. The summed E-state index contributed by atoms with van der Waals surface area (Å²) in [6.07, 6.45) is 1.59. The molecule has 0 aromatic carbocycles. The summed E-state index contributed by atoms with van der Waals surface area (Å²) in [7, 11) is 1.75. The van der Waals surface area contributed by atoms with E-state index >= 15 is 0 Å². The Bertz CT molecular complexity index is 587. The van der Waals surface area contributed by atoms with Crippen molar-refractivity contribution in [1.82, 2.24) is 19.7 Å². The van der Waals surface area contributed by atoms with E-state index in [0.29, 0.717) is 21.7 Å². The van der Waals surface area contributed by atoms with Gasteiger partial charge < -0.3 is 9.67 Å². The van der Waals surface area contributed by atoms with Crippen LogP contribution >= 0.6 is 23.4 Å². The Morgan fingerprint density at radius 1 is 1.56 bits per heavy atom. The molecule has 0 unspecified atom stereocenters. The highest BCUT2D eigenvalue weighted by molar-refractivity contribution is 7.99. The van der Waals surface area contributed by atoms with Gasteiger partial charge in [-0.25, -0.2) is 4.98 Å². The van der Waals surface area contributed by atoms with Gasteiger partial charge in [0.05, 0.1) is 11.3 Å². The largest absolute Gasteiger partial charge is 0.481 e. The third kappa shape index (κ3) is 2.62. The minimum absolute atomic E-state index is 0.0628. The number of carbonyl (C=O) groups is 1. The Hall–Kier alpha value is -1.60. The molecule has 2 rings (SSSR count). The molecule has 0 fully saturated rings. The Morgan fingerprint density at radius 2 is 2.33 bits per heavy atom. The molecule has 0 amide bonds. The van der Waals surface area contributed by atoms with E-state index in [2.05, 4.69) is 15.2 Å². The quantitative estimate of drug-likeness (QED) is 0.680. The van der Waals surface area contributed by atoms with Gasteiger partial charge in [-0.2, -0.15) is 0 Å². The standard InChI is InChI=1S/C10H9ClN4O2S/c1-15-9(6-3-2-4-12-8(6)11)13-14-10(15)18-5-7(16)17/h2-4H,5H2,1H3,(H,16,17). The van der Waals surface area contributed by atoms with Crippen LogP contribution in [0.15, 0.2) is 23.5 Å². The zero-order valence-corrected chi connectivity index (χ0v) is 10.9. The van der Waals surface area contributed by atoms with E-state index < -0.39 is 5.97 Å². The summed E-state index contributed by atoms with van der Waals surface area (Å²) in [4.78, 5) is 14.5. The zero-order valence-electron chi connectivity index (χ0n) is 9.37. The smallest absolute Gasteiger partial charge is 0.313 e. The van der Waals surface area contributed by atoms with E-state index in [1.165, 1.54) is 0 Å². The molecule has 94 valence electrons. The van der Waals surface area contributed by atoms with Crippen molar-refractivity contribution in [3.63, 3.8) is 0 Å². The summed E-state index contributed by atoms with van der Waals surface area (Å²) in [6.45, 7) is 0. The van der Waals surface area contributed by atoms with Gasteiger partial charge in [0, 0.05) is 13.2 Å². The van der Waals surface area contributed by atoms with Crippen LogP contribution in [0.1, 0.15) is 0 Å². The van der Waals surface area contributed by atoms with Crippen molar-refractivity contribution in [2.45, 2.75) is 5.16 Å². The second-order valence-electron chi connectivity index (χ2n) is 3.39. The van der Waals surface area contributed by atoms with Crippen LogP contribution in [-0.4, -0.2) is 36.6 Å². The zero-order chi connectivity index (χ0) is 13.1. The third-order valence-electron chi connectivity index (χ3n) is 2.16. The maximum Gasteiger partial charge on any atom is 0.313 e. The van der Waals surface area contributed by atoms with Crippen LogP contribution in [0.25, 0.3) is 11.4 Å². The summed E-state index contributed by atoms with van der Waals surface area (Å²) in [5.41, 5.74) is 0.663. The minimum Gasteiger partial charge on any atom is -0.481 e. The van der Waals surface area contributed by atoms with Gasteiger partial charge in [0.25, 0.3) is 0 Å². The number of aromatic nitrogens is 4. The SMILES string of the molecule is Cn1c(SCC(=O)O)nnc1-c1cccnc1Cl. The van der Waals surface area contributed by atoms with Crippen LogP contribution in [0, 0.1) is 0 Å². The topological polar surface area (TPSA) is 80.9 Å². The molecule has 2 aromatic heterocycles. The average molecular weight is 285 g/mol. The molecule has 0 bridgehead atoms. The molecular weight excluding hydrogens is 276 g/mol. The van der Waals surface area contributed by atoms with Crippen molar-refractivity contribution < 1.29 is 9.90 Å². The predicted octanol–water partition coefficient (Wildman–Crippen LogP) is 1.71. The summed E-state index contributed by atoms with van der Waals surface area (Å²) in [5.74, 6) is -0.405. The predicted molar refractivity (Wildman–Crippen MR) is 67.6 cm³/mol. The van der Waals surface area contributed by atoms with E-state index in [0.717, 1.165) is 11.8 Å². The van der Waals surface area contributed by atoms with Gasteiger partial charge in [-0.15, -0.1) is 10.2 Å². The lowest BCUT2D eigenvalue weighted by molar-refractivity contribution is -0.133. The summed E-state index contributed by atoms with van der Waals surface area (Å²) in [5, 5.41) is 17.4. The minimum atomic E-state index is -0.899. The second-order valence-corrected chi connectivity index (χ2v) is 4.69. The molecular formula is C10H9ClN4O2S. The third-order valence-corrected chi connectivity index (χ3v) is 3.47. The van der Waals surface area contributed by atoms with Gasteiger partial charge in [0.15, 0.2) is 11.0 Å². The molecule has 0 saturated heterocycles. The highest BCUT2D eigenvalue weighted by Crippen LogP contribution is 2.26. The van der Waals surface area contributed by atoms with E-state index in [1.807, 2.05) is 0 Å². The Kier molecular flexibility index (Phi) is 3.83. The van der Waals surface area contributed by atoms with Gasteiger partial charge in [0.2, 0.25) is 0 Å². The van der Waals surface area contributed by atoms with E-state index in [1.54, 1.807) is 29.9 Å². The van der Waals surface area contributed by atoms with Gasteiger partial charge in [-0.3, -0.25) is 4.79 Å². The number of pyridine rings is 1. The molecule has 2 heterocycles. The molecule has 0 aliphatic rings.